The van der Waals surface area contributed by atoms with Crippen LogP contribution in [0.25, 0.3) is 11.0 Å². The maximum Gasteiger partial charge on any atom is 0.420 e. The normalized spacial score (nSPS) is 11.5. The summed E-state index contributed by atoms with van der Waals surface area (Å²) >= 11 is 0. The van der Waals surface area contributed by atoms with Crippen LogP contribution in [0.15, 0.2) is 36.9 Å². The standard InChI is InChI=1S/C14H16N2O3/c1-4-9-19-13(17)16-11-8-6-5-7-10(11)15-12(16)14(2,3)18/h4-8,18H,1,9H2,2-3H3. The molecule has 1 aromatic carbocycles. The molecule has 19 heavy (non-hydrogen) atoms. The largest absolute Gasteiger partial charge is 0.445 e. The van der Waals surface area contributed by atoms with Crippen molar-refractivity contribution in [3.63, 3.8) is 0 Å². The lowest BCUT2D eigenvalue weighted by molar-refractivity contribution is 0.0642. The second-order valence-electron chi connectivity index (χ2n) is 4.68. The number of para-hydroxylation sites is 2. The average molecular weight is 260 g/mol. The fraction of sp³-hybridized carbons (Fsp3) is 0.286. The second kappa shape index (κ2) is 4.85. The summed E-state index contributed by atoms with van der Waals surface area (Å²) in [7, 11) is 0. The fourth-order valence-corrected chi connectivity index (χ4v) is 1.82. The minimum atomic E-state index is -1.24. The second-order valence-corrected chi connectivity index (χ2v) is 4.68. The Bertz CT molecular complexity index is 623. The van der Waals surface area contributed by atoms with Crippen molar-refractivity contribution in [1.82, 2.24) is 9.55 Å². The van der Waals surface area contributed by atoms with Crippen molar-refractivity contribution < 1.29 is 14.6 Å². The lowest BCUT2D eigenvalue weighted by Gasteiger charge is -2.17. The van der Waals surface area contributed by atoms with Gasteiger partial charge < -0.3 is 9.84 Å². The first kappa shape index (κ1) is 13.3. The molecule has 2 rings (SSSR count). The summed E-state index contributed by atoms with van der Waals surface area (Å²) in [6.07, 6.45) is 0.909. The summed E-state index contributed by atoms with van der Waals surface area (Å²) < 4.78 is 6.32. The number of aromatic nitrogens is 2. The van der Waals surface area contributed by atoms with E-state index in [1.165, 1.54) is 10.6 Å². The topological polar surface area (TPSA) is 64.3 Å². The predicted octanol–water partition coefficient (Wildman–Crippen LogP) is 2.43. The molecule has 0 saturated carbocycles. The maximum atomic E-state index is 12.1. The van der Waals surface area contributed by atoms with Crippen molar-refractivity contribution in [2.75, 3.05) is 6.61 Å². The van der Waals surface area contributed by atoms with Gasteiger partial charge in [-0.05, 0) is 26.0 Å². The number of fused-ring (bicyclic) bond motifs is 1. The van der Waals surface area contributed by atoms with Crippen LogP contribution in [-0.4, -0.2) is 27.4 Å². The molecule has 5 nitrogen and oxygen atoms in total. The molecule has 0 aliphatic rings. The lowest BCUT2D eigenvalue weighted by Crippen LogP contribution is -2.26. The highest BCUT2D eigenvalue weighted by Gasteiger charge is 2.28. The Labute approximate surface area is 111 Å². The number of rotatable bonds is 3. The molecule has 0 aliphatic carbocycles. The van der Waals surface area contributed by atoms with Crippen LogP contribution < -0.4 is 0 Å². The third-order valence-corrected chi connectivity index (χ3v) is 2.62. The van der Waals surface area contributed by atoms with Gasteiger partial charge in [-0.25, -0.2) is 14.3 Å². The predicted molar refractivity (Wildman–Crippen MR) is 71.9 cm³/mol. The Morgan fingerprint density at radius 3 is 2.84 bits per heavy atom. The van der Waals surface area contributed by atoms with Crippen LogP contribution in [0.2, 0.25) is 0 Å². The van der Waals surface area contributed by atoms with E-state index in [0.29, 0.717) is 11.0 Å². The van der Waals surface area contributed by atoms with E-state index in [-0.39, 0.29) is 12.4 Å². The van der Waals surface area contributed by atoms with Crippen molar-refractivity contribution >= 4 is 17.1 Å². The monoisotopic (exact) mass is 260 g/mol. The van der Waals surface area contributed by atoms with Crippen molar-refractivity contribution in [1.29, 1.82) is 0 Å². The maximum absolute atomic E-state index is 12.1. The van der Waals surface area contributed by atoms with Crippen LogP contribution in [0, 0.1) is 0 Å². The summed E-state index contributed by atoms with van der Waals surface area (Å²) in [4.78, 5) is 16.4. The van der Waals surface area contributed by atoms with Crippen LogP contribution in [0.1, 0.15) is 19.7 Å². The van der Waals surface area contributed by atoms with Crippen LogP contribution in [0.3, 0.4) is 0 Å². The summed E-state index contributed by atoms with van der Waals surface area (Å²) in [6.45, 7) is 6.75. The van der Waals surface area contributed by atoms with Crippen LogP contribution in [0.4, 0.5) is 4.79 Å². The molecule has 0 atom stereocenters. The number of carbonyl (C=O) groups excluding carboxylic acids is 1. The van der Waals surface area contributed by atoms with Gasteiger partial charge in [-0.2, -0.15) is 0 Å². The van der Waals surface area contributed by atoms with Crippen molar-refractivity contribution in [2.24, 2.45) is 0 Å². The van der Waals surface area contributed by atoms with Crippen LogP contribution >= 0.6 is 0 Å². The van der Waals surface area contributed by atoms with E-state index < -0.39 is 11.7 Å². The molecule has 0 fully saturated rings. The fourth-order valence-electron chi connectivity index (χ4n) is 1.82. The minimum absolute atomic E-state index is 0.108. The Morgan fingerprint density at radius 1 is 1.53 bits per heavy atom. The van der Waals surface area contributed by atoms with Gasteiger partial charge in [-0.1, -0.05) is 24.8 Å². The molecule has 2 aromatic rings. The zero-order valence-electron chi connectivity index (χ0n) is 11.0. The SMILES string of the molecule is C=CCOC(=O)n1c(C(C)(C)O)nc2ccccc21. The number of ether oxygens (including phenoxy) is 1. The van der Waals surface area contributed by atoms with E-state index in [2.05, 4.69) is 11.6 Å². The lowest BCUT2D eigenvalue weighted by atomic mass is 10.1. The highest BCUT2D eigenvalue weighted by atomic mass is 16.5. The molecule has 0 radical (unpaired) electrons. The van der Waals surface area contributed by atoms with Gasteiger partial charge in [0.2, 0.25) is 0 Å². The third-order valence-electron chi connectivity index (χ3n) is 2.62. The van der Waals surface area contributed by atoms with Crippen LogP contribution in [0.5, 0.6) is 0 Å². The number of hydrogen-bond donors (Lipinski definition) is 1. The first-order valence-electron chi connectivity index (χ1n) is 5.93. The van der Waals surface area contributed by atoms with Gasteiger partial charge in [0.05, 0.1) is 11.0 Å². The van der Waals surface area contributed by atoms with Gasteiger partial charge >= 0.3 is 6.09 Å². The Hall–Kier alpha value is -2.14. The first-order valence-corrected chi connectivity index (χ1v) is 5.93. The molecule has 1 heterocycles. The molecule has 0 aliphatic heterocycles. The number of aliphatic hydroxyl groups is 1. The zero-order valence-corrected chi connectivity index (χ0v) is 11.0. The highest BCUT2D eigenvalue weighted by Crippen LogP contribution is 2.24. The highest BCUT2D eigenvalue weighted by molar-refractivity contribution is 5.87. The number of carbonyl (C=O) groups is 1. The molecule has 0 unspecified atom stereocenters. The Kier molecular flexibility index (Phi) is 3.40. The van der Waals surface area contributed by atoms with E-state index in [0.717, 1.165) is 0 Å². The first-order chi connectivity index (χ1) is 8.95. The molecule has 1 N–H and O–H groups in total. The van der Waals surface area contributed by atoms with Crippen molar-refractivity contribution in [3.05, 3.63) is 42.7 Å². The van der Waals surface area contributed by atoms with E-state index in [9.17, 15) is 9.90 Å². The minimum Gasteiger partial charge on any atom is -0.445 e. The van der Waals surface area contributed by atoms with Crippen molar-refractivity contribution in [2.45, 2.75) is 19.4 Å². The number of hydrogen-bond acceptors (Lipinski definition) is 4. The smallest absolute Gasteiger partial charge is 0.420 e. The van der Waals surface area contributed by atoms with Gasteiger partial charge in [0.1, 0.15) is 12.2 Å². The molecule has 1 aromatic heterocycles. The van der Waals surface area contributed by atoms with E-state index in [1.807, 2.05) is 6.07 Å². The molecule has 0 spiro atoms. The van der Waals surface area contributed by atoms with Gasteiger partial charge in [-0.15, -0.1) is 0 Å². The number of imidazole rings is 1. The van der Waals surface area contributed by atoms with E-state index in [1.54, 1.807) is 32.0 Å². The van der Waals surface area contributed by atoms with E-state index in [4.69, 9.17) is 4.74 Å². The number of nitrogens with zero attached hydrogens (tertiary/aromatic N) is 2. The molecule has 0 bridgehead atoms. The molecule has 5 heteroatoms. The third kappa shape index (κ3) is 2.51. The molecule has 100 valence electrons. The van der Waals surface area contributed by atoms with Crippen LogP contribution in [-0.2, 0) is 10.3 Å². The zero-order chi connectivity index (χ0) is 14.0. The molecular weight excluding hydrogens is 244 g/mol. The molecular formula is C14H16N2O3. The Morgan fingerprint density at radius 2 is 2.21 bits per heavy atom. The Balaban J connectivity index is 2.61. The van der Waals surface area contributed by atoms with E-state index >= 15 is 0 Å². The van der Waals surface area contributed by atoms with Gasteiger partial charge in [0.25, 0.3) is 0 Å². The van der Waals surface area contributed by atoms with Gasteiger partial charge in [0.15, 0.2) is 5.82 Å². The quantitative estimate of drug-likeness (QED) is 0.861. The summed E-state index contributed by atoms with van der Waals surface area (Å²) in [5.41, 5.74) is -0.00414. The summed E-state index contributed by atoms with van der Waals surface area (Å²) in [6, 6.07) is 7.16. The molecule has 0 amide bonds. The summed E-state index contributed by atoms with van der Waals surface area (Å²) in [5.74, 6) is 0.253. The average Bonchev–Trinajstić information content (AvgIpc) is 2.75. The van der Waals surface area contributed by atoms with Gasteiger partial charge in [0, 0.05) is 0 Å². The van der Waals surface area contributed by atoms with Gasteiger partial charge in [-0.3, -0.25) is 0 Å². The van der Waals surface area contributed by atoms with Crippen molar-refractivity contribution in [3.8, 4) is 0 Å². The number of benzene rings is 1. The summed E-state index contributed by atoms with van der Waals surface area (Å²) in [5, 5.41) is 10.1. The molecule has 0 saturated heterocycles.